The molecule has 0 radical (unpaired) electrons. The molecule has 2 aromatic rings. The molecule has 0 unspecified atom stereocenters. The molecular weight excluding hydrogens is 254 g/mol. The highest BCUT2D eigenvalue weighted by atomic mass is 16.2. The van der Waals surface area contributed by atoms with Gasteiger partial charge in [-0.05, 0) is 36.6 Å². The Morgan fingerprint density at radius 3 is 2.65 bits per heavy atom. The third kappa shape index (κ3) is 2.47. The monoisotopic (exact) mass is 269 g/mol. The summed E-state index contributed by atoms with van der Waals surface area (Å²) < 4.78 is 0. The Balaban J connectivity index is 1.87. The van der Waals surface area contributed by atoms with E-state index < -0.39 is 0 Å². The maximum Gasteiger partial charge on any atom is 0.271 e. The van der Waals surface area contributed by atoms with Gasteiger partial charge in [-0.15, -0.1) is 0 Å². The lowest BCUT2D eigenvalue weighted by molar-refractivity contribution is -0.122. The van der Waals surface area contributed by atoms with Crippen molar-refractivity contribution in [3.8, 4) is 11.1 Å². The van der Waals surface area contributed by atoms with Crippen molar-refractivity contribution in [2.75, 3.05) is 5.32 Å². The molecule has 1 aliphatic carbocycles. The number of hydrogen-bond donors (Lipinski definition) is 2. The maximum atomic E-state index is 11.9. The molecule has 2 N–H and O–H groups in total. The van der Waals surface area contributed by atoms with Crippen LogP contribution in [0.15, 0.2) is 41.6 Å². The van der Waals surface area contributed by atoms with Crippen LogP contribution in [0.4, 0.5) is 5.69 Å². The Kier molecular flexibility index (Phi) is 3.33. The number of rotatable bonds is 3. The van der Waals surface area contributed by atoms with Gasteiger partial charge >= 0.3 is 0 Å². The van der Waals surface area contributed by atoms with E-state index in [1.54, 1.807) is 24.7 Å². The maximum absolute atomic E-state index is 11.9. The molecule has 1 fully saturated rings. The minimum absolute atomic E-state index is 0.0546. The van der Waals surface area contributed by atoms with Gasteiger partial charge in [0.1, 0.15) is 5.69 Å². The zero-order valence-corrected chi connectivity index (χ0v) is 10.9. The van der Waals surface area contributed by atoms with Crippen LogP contribution < -0.4 is 10.9 Å². The smallest absolute Gasteiger partial charge is 0.271 e. The molecule has 1 aliphatic rings. The van der Waals surface area contributed by atoms with Crippen LogP contribution in [0.25, 0.3) is 11.1 Å². The molecule has 1 saturated carbocycles. The van der Waals surface area contributed by atoms with Crippen LogP contribution in [0.2, 0.25) is 0 Å². The molecule has 0 spiro atoms. The molecule has 1 amide bonds. The van der Waals surface area contributed by atoms with E-state index in [1.165, 1.54) is 0 Å². The number of amides is 1. The summed E-state index contributed by atoms with van der Waals surface area (Å²) in [6, 6.07) is 5.40. The first-order valence-electron chi connectivity index (χ1n) is 6.68. The van der Waals surface area contributed by atoms with E-state index in [1.807, 2.05) is 12.1 Å². The third-order valence-corrected chi connectivity index (χ3v) is 3.65. The summed E-state index contributed by atoms with van der Waals surface area (Å²) in [6.07, 6.45) is 7.92. The van der Waals surface area contributed by atoms with Gasteiger partial charge in [-0.2, -0.15) is 0 Å². The largest absolute Gasteiger partial charge is 0.327 e. The van der Waals surface area contributed by atoms with Crippen molar-refractivity contribution in [1.29, 1.82) is 0 Å². The first-order valence-corrected chi connectivity index (χ1v) is 6.68. The van der Waals surface area contributed by atoms with Gasteiger partial charge in [-0.25, -0.2) is 0 Å². The molecule has 5 nitrogen and oxygen atoms in total. The summed E-state index contributed by atoms with van der Waals surface area (Å²) in [5.74, 6) is -0.00684. The normalized spacial score (nSPS) is 14.6. The standard InChI is InChI=1S/C15H15N3O2/c19-14(11-2-1-3-11)18-13-8-12(9-17-15(13)20)10-4-6-16-7-5-10/h4-9,11H,1-3H2,(H,17,20)(H,18,19). The summed E-state index contributed by atoms with van der Waals surface area (Å²) in [4.78, 5) is 30.3. The van der Waals surface area contributed by atoms with Crippen LogP contribution in [-0.2, 0) is 4.79 Å². The summed E-state index contributed by atoms with van der Waals surface area (Å²) >= 11 is 0. The van der Waals surface area contributed by atoms with Crippen LogP contribution in [0.5, 0.6) is 0 Å². The summed E-state index contributed by atoms with van der Waals surface area (Å²) in [5, 5.41) is 2.72. The lowest BCUT2D eigenvalue weighted by Gasteiger charge is -2.23. The number of carbonyl (C=O) groups excluding carboxylic acids is 1. The number of carbonyl (C=O) groups is 1. The van der Waals surface area contributed by atoms with Crippen molar-refractivity contribution in [2.45, 2.75) is 19.3 Å². The van der Waals surface area contributed by atoms with Crippen molar-refractivity contribution in [3.05, 3.63) is 47.1 Å². The molecular formula is C15H15N3O2. The van der Waals surface area contributed by atoms with Gasteiger partial charge in [-0.3, -0.25) is 14.6 Å². The van der Waals surface area contributed by atoms with Crippen LogP contribution in [-0.4, -0.2) is 15.9 Å². The van der Waals surface area contributed by atoms with E-state index in [4.69, 9.17) is 0 Å². The molecule has 2 aromatic heterocycles. The number of hydrogen-bond acceptors (Lipinski definition) is 3. The van der Waals surface area contributed by atoms with Crippen molar-refractivity contribution in [2.24, 2.45) is 5.92 Å². The molecule has 102 valence electrons. The molecule has 5 heteroatoms. The van der Waals surface area contributed by atoms with E-state index in [0.29, 0.717) is 5.69 Å². The summed E-state index contributed by atoms with van der Waals surface area (Å²) in [5.41, 5.74) is 1.80. The first kappa shape index (κ1) is 12.6. The fourth-order valence-electron chi connectivity index (χ4n) is 2.19. The van der Waals surface area contributed by atoms with E-state index in [9.17, 15) is 9.59 Å². The average Bonchev–Trinajstić information content (AvgIpc) is 2.40. The second kappa shape index (κ2) is 5.28. The molecule has 0 aromatic carbocycles. The predicted molar refractivity (Wildman–Crippen MR) is 76.3 cm³/mol. The van der Waals surface area contributed by atoms with E-state index in [2.05, 4.69) is 15.3 Å². The SMILES string of the molecule is O=C(Nc1cc(-c2ccncc2)c[nH]c1=O)C1CCC1. The van der Waals surface area contributed by atoms with Gasteiger partial charge in [0.15, 0.2) is 0 Å². The van der Waals surface area contributed by atoms with Crippen LogP contribution in [0.3, 0.4) is 0 Å². The van der Waals surface area contributed by atoms with E-state index in [-0.39, 0.29) is 17.4 Å². The Morgan fingerprint density at radius 1 is 1.25 bits per heavy atom. The molecule has 3 rings (SSSR count). The number of pyridine rings is 2. The molecule has 0 saturated heterocycles. The number of aromatic nitrogens is 2. The van der Waals surface area contributed by atoms with E-state index >= 15 is 0 Å². The zero-order valence-electron chi connectivity index (χ0n) is 10.9. The van der Waals surface area contributed by atoms with Gasteiger partial charge in [0, 0.05) is 30.1 Å². The third-order valence-electron chi connectivity index (χ3n) is 3.65. The van der Waals surface area contributed by atoms with Crippen LogP contribution in [0, 0.1) is 5.92 Å². The lowest BCUT2D eigenvalue weighted by Crippen LogP contribution is -2.30. The highest BCUT2D eigenvalue weighted by Crippen LogP contribution is 2.27. The first-order chi connectivity index (χ1) is 9.74. The van der Waals surface area contributed by atoms with Gasteiger partial charge in [0.2, 0.25) is 5.91 Å². The molecule has 20 heavy (non-hydrogen) atoms. The van der Waals surface area contributed by atoms with E-state index in [0.717, 1.165) is 30.4 Å². The van der Waals surface area contributed by atoms with Crippen molar-refractivity contribution in [3.63, 3.8) is 0 Å². The fourth-order valence-corrected chi connectivity index (χ4v) is 2.19. The van der Waals surface area contributed by atoms with Gasteiger partial charge in [0.05, 0.1) is 0 Å². The van der Waals surface area contributed by atoms with Gasteiger partial charge in [-0.1, -0.05) is 6.42 Å². The number of nitrogens with zero attached hydrogens (tertiary/aromatic N) is 1. The Morgan fingerprint density at radius 2 is 2.00 bits per heavy atom. The molecule has 0 aliphatic heterocycles. The number of H-pyrrole nitrogens is 1. The highest BCUT2D eigenvalue weighted by Gasteiger charge is 2.25. The summed E-state index contributed by atoms with van der Waals surface area (Å²) in [6.45, 7) is 0. The second-order valence-electron chi connectivity index (χ2n) is 4.98. The van der Waals surface area contributed by atoms with Crippen molar-refractivity contribution in [1.82, 2.24) is 9.97 Å². The average molecular weight is 269 g/mol. The Hall–Kier alpha value is -2.43. The number of aromatic amines is 1. The predicted octanol–water partition coefficient (Wildman–Crippen LogP) is 2.18. The molecule has 2 heterocycles. The van der Waals surface area contributed by atoms with Crippen LogP contribution >= 0.6 is 0 Å². The number of nitrogens with one attached hydrogen (secondary N) is 2. The minimum Gasteiger partial charge on any atom is -0.327 e. The Bertz CT molecular complexity index is 675. The van der Waals surface area contributed by atoms with Gasteiger partial charge < -0.3 is 10.3 Å². The second-order valence-corrected chi connectivity index (χ2v) is 4.98. The highest BCUT2D eigenvalue weighted by molar-refractivity contribution is 5.93. The number of anilines is 1. The Labute approximate surface area is 116 Å². The topological polar surface area (TPSA) is 74.8 Å². The van der Waals surface area contributed by atoms with Crippen molar-refractivity contribution < 1.29 is 4.79 Å². The zero-order chi connectivity index (χ0) is 13.9. The van der Waals surface area contributed by atoms with Gasteiger partial charge in [0.25, 0.3) is 5.56 Å². The van der Waals surface area contributed by atoms with Crippen molar-refractivity contribution >= 4 is 11.6 Å². The quantitative estimate of drug-likeness (QED) is 0.896. The molecule has 0 atom stereocenters. The lowest BCUT2D eigenvalue weighted by atomic mass is 9.85. The minimum atomic E-state index is -0.282. The fraction of sp³-hybridized carbons (Fsp3) is 0.267. The molecule has 0 bridgehead atoms. The van der Waals surface area contributed by atoms with Crippen LogP contribution in [0.1, 0.15) is 19.3 Å². The summed E-state index contributed by atoms with van der Waals surface area (Å²) in [7, 11) is 0.